The number of carbonyl (C=O) groups excluding carboxylic acids is 2. The Morgan fingerprint density at radius 3 is 2.82 bits per heavy atom. The molecule has 1 aliphatic heterocycles. The molecule has 33 heavy (non-hydrogen) atoms. The Labute approximate surface area is 195 Å². The Balaban J connectivity index is 1.36. The lowest BCUT2D eigenvalue weighted by Crippen LogP contribution is -2.42. The number of hydrogen-bond donors (Lipinski definition) is 2. The highest BCUT2D eigenvalue weighted by Gasteiger charge is 2.50. The second-order valence-electron chi connectivity index (χ2n) is 8.28. The summed E-state index contributed by atoms with van der Waals surface area (Å²) >= 11 is 6.15. The zero-order chi connectivity index (χ0) is 23.0. The van der Waals surface area contributed by atoms with Crippen molar-refractivity contribution >= 4 is 39.9 Å². The van der Waals surface area contributed by atoms with Crippen molar-refractivity contribution in [2.24, 2.45) is 0 Å². The van der Waals surface area contributed by atoms with Crippen LogP contribution < -0.4 is 4.90 Å². The number of hydrogen-bond acceptors (Lipinski definition) is 4. The fourth-order valence-electron chi connectivity index (χ4n) is 4.55. The number of halogens is 1. The molecular weight excluding hydrogens is 438 g/mol. The molecule has 0 saturated carbocycles. The van der Waals surface area contributed by atoms with Gasteiger partial charge in [0.1, 0.15) is 0 Å². The number of H-pyrrole nitrogens is 1. The van der Waals surface area contributed by atoms with Gasteiger partial charge in [-0.3, -0.25) is 14.6 Å². The minimum atomic E-state index is -1.89. The summed E-state index contributed by atoms with van der Waals surface area (Å²) in [6, 6.07) is 16.1. The van der Waals surface area contributed by atoms with Crippen molar-refractivity contribution in [1.29, 1.82) is 0 Å². The number of rotatable bonds is 7. The van der Waals surface area contributed by atoms with Gasteiger partial charge < -0.3 is 15.0 Å². The number of para-hydroxylation sites is 1. The zero-order valence-corrected chi connectivity index (χ0v) is 18.5. The molecule has 4 aromatic rings. The number of fused-ring (bicyclic) bond motifs is 2. The lowest BCUT2D eigenvalue weighted by Gasteiger charge is -2.22. The third kappa shape index (κ3) is 3.81. The van der Waals surface area contributed by atoms with E-state index in [-0.39, 0.29) is 12.2 Å². The van der Waals surface area contributed by atoms with Gasteiger partial charge >= 0.3 is 0 Å². The molecule has 6 nitrogen and oxygen atoms in total. The Bertz CT molecular complexity index is 1350. The molecule has 5 rings (SSSR count). The third-order valence-corrected chi connectivity index (χ3v) is 6.43. The highest BCUT2D eigenvalue weighted by atomic mass is 35.5. The van der Waals surface area contributed by atoms with Gasteiger partial charge in [0.05, 0.1) is 12.1 Å². The monoisotopic (exact) mass is 459 g/mol. The van der Waals surface area contributed by atoms with Gasteiger partial charge in [-0.15, -0.1) is 0 Å². The molecule has 2 N–H and O–H groups in total. The number of aliphatic hydroxyl groups is 1. The highest BCUT2D eigenvalue weighted by Crippen LogP contribution is 2.43. The van der Waals surface area contributed by atoms with E-state index in [2.05, 4.69) is 9.97 Å². The van der Waals surface area contributed by atoms with Crippen molar-refractivity contribution in [1.82, 2.24) is 9.97 Å². The number of amides is 1. The molecular formula is C26H22ClN3O3. The van der Waals surface area contributed by atoms with E-state index >= 15 is 0 Å². The van der Waals surface area contributed by atoms with Gasteiger partial charge in [0.25, 0.3) is 5.91 Å². The fraction of sp³-hybridized carbons (Fsp3) is 0.192. The Hall–Kier alpha value is -3.48. The molecule has 0 aliphatic carbocycles. The Kier molecular flexibility index (Phi) is 5.48. The summed E-state index contributed by atoms with van der Waals surface area (Å²) in [6.07, 6.45) is 6.08. The molecule has 1 aliphatic rings. The summed E-state index contributed by atoms with van der Waals surface area (Å²) in [5, 5.41) is 13.2. The van der Waals surface area contributed by atoms with Gasteiger partial charge in [0.2, 0.25) is 0 Å². The number of nitrogens with one attached hydrogen (secondary N) is 1. The minimum Gasteiger partial charge on any atom is -0.375 e. The van der Waals surface area contributed by atoms with Gasteiger partial charge in [-0.1, -0.05) is 29.8 Å². The molecule has 2 aromatic carbocycles. The second-order valence-corrected chi connectivity index (χ2v) is 8.72. The van der Waals surface area contributed by atoms with E-state index in [1.807, 2.05) is 36.5 Å². The summed E-state index contributed by atoms with van der Waals surface area (Å²) in [5.41, 5.74) is 1.72. The maximum absolute atomic E-state index is 13.4. The number of ketones is 1. The van der Waals surface area contributed by atoms with Crippen LogP contribution in [0.25, 0.3) is 10.9 Å². The molecule has 1 unspecified atom stereocenters. The zero-order valence-electron chi connectivity index (χ0n) is 17.8. The molecule has 0 saturated heterocycles. The Morgan fingerprint density at radius 2 is 2.00 bits per heavy atom. The molecule has 1 atom stereocenters. The molecule has 2 aromatic heterocycles. The van der Waals surface area contributed by atoms with Gasteiger partial charge in [0.15, 0.2) is 11.4 Å². The maximum atomic E-state index is 13.4. The lowest BCUT2D eigenvalue weighted by atomic mass is 9.88. The van der Waals surface area contributed by atoms with Crippen LogP contribution >= 0.6 is 11.6 Å². The minimum absolute atomic E-state index is 0.327. The summed E-state index contributed by atoms with van der Waals surface area (Å²) in [7, 11) is 0. The highest BCUT2D eigenvalue weighted by molar-refractivity contribution is 6.31. The van der Waals surface area contributed by atoms with Crippen LogP contribution in [0.15, 0.2) is 73.2 Å². The number of aromatic amines is 1. The largest absolute Gasteiger partial charge is 0.375 e. The van der Waals surface area contributed by atoms with Crippen molar-refractivity contribution < 1.29 is 14.7 Å². The van der Waals surface area contributed by atoms with Crippen LogP contribution in [0.5, 0.6) is 0 Å². The van der Waals surface area contributed by atoms with Gasteiger partial charge in [-0.25, -0.2) is 0 Å². The van der Waals surface area contributed by atoms with Gasteiger partial charge in [-0.05, 0) is 54.8 Å². The van der Waals surface area contributed by atoms with E-state index < -0.39 is 11.5 Å². The molecule has 0 fully saturated rings. The standard InChI is InChI=1S/C26H22ClN3O3/c27-19-9-10-22-20(13-19)17(16-29-22)6-4-12-30-23-8-2-1-7-21(23)26(33,25(30)32)14-24(31)18-5-3-11-28-15-18/h1-3,5,7-11,13,15-16,29,33H,4,6,12,14H2. The first-order valence-corrected chi connectivity index (χ1v) is 11.2. The molecule has 0 radical (unpaired) electrons. The molecule has 0 spiro atoms. The van der Waals surface area contributed by atoms with Crippen LogP contribution in [-0.4, -0.2) is 33.3 Å². The molecule has 7 heteroatoms. The van der Waals surface area contributed by atoms with Gasteiger partial charge in [0, 0.05) is 52.2 Å². The average Bonchev–Trinajstić information content (AvgIpc) is 3.32. The fourth-order valence-corrected chi connectivity index (χ4v) is 4.72. The van der Waals surface area contributed by atoms with Crippen molar-refractivity contribution in [3.05, 3.63) is 94.9 Å². The predicted octanol–water partition coefficient (Wildman–Crippen LogP) is 4.66. The van der Waals surface area contributed by atoms with E-state index in [0.717, 1.165) is 22.9 Å². The number of Topliss-reactive ketones (excluding diaryl/α,β-unsaturated/α-hetero) is 1. The number of aromatic nitrogens is 2. The number of benzene rings is 2. The normalized spacial score (nSPS) is 17.5. The van der Waals surface area contributed by atoms with E-state index in [9.17, 15) is 14.7 Å². The average molecular weight is 460 g/mol. The topological polar surface area (TPSA) is 86.3 Å². The number of aryl methyl sites for hydroxylation is 1. The van der Waals surface area contributed by atoms with Crippen molar-refractivity contribution in [3.8, 4) is 0 Å². The maximum Gasteiger partial charge on any atom is 0.264 e. The van der Waals surface area contributed by atoms with Crippen LogP contribution in [0.2, 0.25) is 5.02 Å². The molecule has 0 bridgehead atoms. The van der Waals surface area contributed by atoms with Crippen LogP contribution in [-0.2, 0) is 16.8 Å². The van der Waals surface area contributed by atoms with E-state index in [1.54, 1.807) is 35.4 Å². The number of carbonyl (C=O) groups is 2. The van der Waals surface area contributed by atoms with Crippen LogP contribution in [0.1, 0.15) is 34.3 Å². The Morgan fingerprint density at radius 1 is 1.15 bits per heavy atom. The summed E-state index contributed by atoms with van der Waals surface area (Å²) in [5.74, 6) is -0.797. The molecule has 166 valence electrons. The van der Waals surface area contributed by atoms with Crippen LogP contribution in [0, 0.1) is 0 Å². The van der Waals surface area contributed by atoms with Crippen molar-refractivity contribution in [3.63, 3.8) is 0 Å². The first-order chi connectivity index (χ1) is 16.0. The summed E-state index contributed by atoms with van der Waals surface area (Å²) in [4.78, 5) is 35.0. The SMILES string of the molecule is O=C(CC1(O)C(=O)N(CCCc2c[nH]c3ccc(Cl)cc23)c2ccccc21)c1cccnc1. The van der Waals surface area contributed by atoms with E-state index in [1.165, 1.54) is 6.20 Å². The smallest absolute Gasteiger partial charge is 0.264 e. The molecule has 3 heterocycles. The quantitative estimate of drug-likeness (QED) is 0.394. The second kappa shape index (κ2) is 8.46. The first-order valence-electron chi connectivity index (χ1n) is 10.8. The predicted molar refractivity (Wildman–Crippen MR) is 128 cm³/mol. The summed E-state index contributed by atoms with van der Waals surface area (Å²) in [6.45, 7) is 0.423. The third-order valence-electron chi connectivity index (χ3n) is 6.20. The number of anilines is 1. The molecule has 1 amide bonds. The summed E-state index contributed by atoms with van der Waals surface area (Å²) < 4.78 is 0. The number of pyridine rings is 1. The van der Waals surface area contributed by atoms with Crippen LogP contribution in [0.4, 0.5) is 5.69 Å². The first kappa shape index (κ1) is 21.4. The van der Waals surface area contributed by atoms with Crippen LogP contribution in [0.3, 0.4) is 0 Å². The van der Waals surface area contributed by atoms with E-state index in [4.69, 9.17) is 11.6 Å². The lowest BCUT2D eigenvalue weighted by molar-refractivity contribution is -0.135. The van der Waals surface area contributed by atoms with Crippen molar-refractivity contribution in [2.45, 2.75) is 24.9 Å². The van der Waals surface area contributed by atoms with Gasteiger partial charge in [-0.2, -0.15) is 0 Å². The van der Waals surface area contributed by atoms with E-state index in [0.29, 0.717) is 34.8 Å². The van der Waals surface area contributed by atoms with Crippen molar-refractivity contribution in [2.75, 3.05) is 11.4 Å². The number of nitrogens with zero attached hydrogens (tertiary/aromatic N) is 2.